The van der Waals surface area contributed by atoms with Gasteiger partial charge in [0.2, 0.25) is 11.9 Å². The van der Waals surface area contributed by atoms with E-state index in [4.69, 9.17) is 14.2 Å². The largest absolute Gasteiger partial charge is 0.504 e. The maximum atomic E-state index is 12.3. The number of fused-ring (bicyclic) bond motifs is 1. The average molecular weight is 520 g/mol. The smallest absolute Gasteiger partial charge is 0.379 e. The second-order valence-corrected chi connectivity index (χ2v) is 8.08. The minimum atomic E-state index is -1.55. The normalized spacial score (nSPS) is 14.4. The van der Waals surface area contributed by atoms with Crippen molar-refractivity contribution in [3.05, 3.63) is 83.1 Å². The lowest BCUT2D eigenvalue weighted by molar-refractivity contribution is -0.160. The Hall–Kier alpha value is -5.45. The highest BCUT2D eigenvalue weighted by Gasteiger charge is 2.25. The van der Waals surface area contributed by atoms with Crippen molar-refractivity contribution in [3.63, 3.8) is 0 Å². The van der Waals surface area contributed by atoms with E-state index in [0.717, 1.165) is 6.08 Å². The Kier molecular flexibility index (Phi) is 7.19. The molecule has 0 bridgehead atoms. The van der Waals surface area contributed by atoms with Gasteiger partial charge in [-0.3, -0.25) is 0 Å². The fourth-order valence-electron chi connectivity index (χ4n) is 3.41. The van der Waals surface area contributed by atoms with E-state index in [0.29, 0.717) is 16.7 Å². The van der Waals surface area contributed by atoms with Gasteiger partial charge in [0.25, 0.3) is 0 Å². The number of hydrogen-bond donors (Lipinski definition) is 5. The Balaban J connectivity index is 1.45. The number of carboxylic acids is 1. The molecule has 0 amide bonds. The number of carboxylic acid groups (broad SMARTS) is 1. The van der Waals surface area contributed by atoms with Crippen LogP contribution in [0.15, 0.2) is 66.4 Å². The second-order valence-electron chi connectivity index (χ2n) is 8.08. The highest BCUT2D eigenvalue weighted by Crippen LogP contribution is 2.35. The van der Waals surface area contributed by atoms with Crippen LogP contribution in [0.25, 0.3) is 12.2 Å². The van der Waals surface area contributed by atoms with Crippen LogP contribution < -0.4 is 9.47 Å². The monoisotopic (exact) mass is 520 g/mol. The number of rotatable bonds is 7. The molecule has 0 spiro atoms. The van der Waals surface area contributed by atoms with E-state index in [9.17, 15) is 39.9 Å². The molecule has 194 valence electrons. The summed E-state index contributed by atoms with van der Waals surface area (Å²) < 4.78 is 15.9. The number of carbonyl (C=O) groups is 3. The highest BCUT2D eigenvalue weighted by atomic mass is 16.6. The number of ether oxygens (including phenoxy) is 3. The molecule has 1 aliphatic rings. The maximum Gasteiger partial charge on any atom is 0.379 e. The van der Waals surface area contributed by atoms with E-state index < -0.39 is 29.8 Å². The summed E-state index contributed by atoms with van der Waals surface area (Å²) in [5.74, 6) is -4.53. The maximum absolute atomic E-state index is 12.3. The lowest BCUT2D eigenvalue weighted by Gasteiger charge is -2.19. The first-order valence-electron chi connectivity index (χ1n) is 11.0. The van der Waals surface area contributed by atoms with E-state index >= 15 is 0 Å². The molecule has 0 saturated carbocycles. The fraction of sp³-hybridized carbons (Fsp3) is 0.0741. The van der Waals surface area contributed by atoms with E-state index in [1.54, 1.807) is 0 Å². The Morgan fingerprint density at radius 1 is 0.816 bits per heavy atom. The van der Waals surface area contributed by atoms with Gasteiger partial charge in [-0.05, 0) is 65.2 Å². The van der Waals surface area contributed by atoms with Gasteiger partial charge in [-0.15, -0.1) is 0 Å². The topological polar surface area (TPSA) is 180 Å². The fourth-order valence-corrected chi connectivity index (χ4v) is 3.41. The van der Waals surface area contributed by atoms with Crippen molar-refractivity contribution in [2.75, 3.05) is 0 Å². The summed E-state index contributed by atoms with van der Waals surface area (Å²) in [5.41, 5.74) is 1.14. The number of phenols is 4. The highest BCUT2D eigenvalue weighted by molar-refractivity contribution is 5.95. The predicted molar refractivity (Wildman–Crippen MR) is 130 cm³/mol. The first kappa shape index (κ1) is 25.6. The van der Waals surface area contributed by atoms with Crippen LogP contribution in [0.1, 0.15) is 16.7 Å². The second kappa shape index (κ2) is 10.7. The Bertz CT molecular complexity index is 1490. The summed E-state index contributed by atoms with van der Waals surface area (Å²) >= 11 is 0. The first-order chi connectivity index (χ1) is 18.1. The predicted octanol–water partition coefficient (Wildman–Crippen LogP) is 3.10. The molecule has 3 aromatic carbocycles. The van der Waals surface area contributed by atoms with Crippen LogP contribution in [0, 0.1) is 0 Å². The zero-order chi connectivity index (χ0) is 27.4. The van der Waals surface area contributed by atoms with Crippen LogP contribution in [0.5, 0.6) is 34.5 Å². The summed E-state index contributed by atoms with van der Waals surface area (Å²) in [7, 11) is 0. The Labute approximate surface area is 214 Å². The standard InChI is InChI=1S/C27H20O11/c28-17-5-1-15(9-19(17)30)12-23(26(33)34)37-25(32)8-4-14-3-7-21-22(11-14)36-24(27(35)38-21)13-16-2-6-18(29)20(31)10-16/h1-11,13,23,28-31H,12H2,(H,33,34). The Morgan fingerprint density at radius 3 is 2.18 bits per heavy atom. The molecule has 0 radical (unpaired) electrons. The first-order valence-corrected chi connectivity index (χ1v) is 11.0. The summed E-state index contributed by atoms with van der Waals surface area (Å²) in [4.78, 5) is 36.1. The van der Waals surface area contributed by atoms with Gasteiger partial charge < -0.3 is 39.7 Å². The third-order valence-electron chi connectivity index (χ3n) is 5.30. The summed E-state index contributed by atoms with van der Waals surface area (Å²) in [6, 6.07) is 12.1. The van der Waals surface area contributed by atoms with E-state index in [-0.39, 0.29) is 40.9 Å². The molecule has 0 aromatic heterocycles. The molecule has 11 nitrogen and oxygen atoms in total. The Morgan fingerprint density at radius 2 is 1.50 bits per heavy atom. The molecule has 1 aliphatic heterocycles. The van der Waals surface area contributed by atoms with Gasteiger partial charge in [0.15, 0.2) is 34.5 Å². The SMILES string of the molecule is O=C(C=Cc1ccc2c(c1)OC(=Cc1ccc(O)c(O)c1)C(=O)O2)OC(Cc1ccc(O)c(O)c1)C(=O)O. The third kappa shape index (κ3) is 6.02. The number of benzene rings is 3. The van der Waals surface area contributed by atoms with Gasteiger partial charge in [-0.25, -0.2) is 14.4 Å². The van der Waals surface area contributed by atoms with Crippen molar-refractivity contribution >= 4 is 30.1 Å². The molecule has 5 N–H and O–H groups in total. The van der Waals surface area contributed by atoms with Gasteiger partial charge in [-0.1, -0.05) is 18.2 Å². The molecule has 0 saturated heterocycles. The van der Waals surface area contributed by atoms with Crippen LogP contribution in [0.2, 0.25) is 0 Å². The molecule has 1 heterocycles. The molecular weight excluding hydrogens is 500 g/mol. The van der Waals surface area contributed by atoms with Gasteiger partial charge in [0.05, 0.1) is 0 Å². The molecule has 11 heteroatoms. The van der Waals surface area contributed by atoms with Crippen molar-refractivity contribution in [3.8, 4) is 34.5 Å². The van der Waals surface area contributed by atoms with Crippen molar-refractivity contribution in [2.24, 2.45) is 0 Å². The zero-order valence-corrected chi connectivity index (χ0v) is 19.4. The lowest BCUT2D eigenvalue weighted by Crippen LogP contribution is -2.28. The van der Waals surface area contributed by atoms with Crippen molar-refractivity contribution in [1.82, 2.24) is 0 Å². The van der Waals surface area contributed by atoms with E-state index in [2.05, 4.69) is 0 Å². The van der Waals surface area contributed by atoms with Crippen LogP contribution in [-0.4, -0.2) is 49.5 Å². The zero-order valence-electron chi connectivity index (χ0n) is 19.4. The van der Waals surface area contributed by atoms with Crippen molar-refractivity contribution in [1.29, 1.82) is 0 Å². The lowest BCUT2D eigenvalue weighted by atomic mass is 10.1. The van der Waals surface area contributed by atoms with Gasteiger partial charge in [0, 0.05) is 12.5 Å². The summed E-state index contributed by atoms with van der Waals surface area (Å²) in [5, 5.41) is 47.4. The minimum absolute atomic E-state index is 0.128. The number of aliphatic carboxylic acids is 1. The van der Waals surface area contributed by atoms with Crippen molar-refractivity contribution in [2.45, 2.75) is 12.5 Å². The number of hydrogen-bond acceptors (Lipinski definition) is 10. The van der Waals surface area contributed by atoms with Crippen LogP contribution >= 0.6 is 0 Å². The quantitative estimate of drug-likeness (QED) is 0.134. The van der Waals surface area contributed by atoms with Crippen LogP contribution in [0.4, 0.5) is 0 Å². The van der Waals surface area contributed by atoms with Crippen molar-refractivity contribution < 1.29 is 54.1 Å². The number of phenolic OH excluding ortho intramolecular Hbond substituents is 4. The molecule has 0 fully saturated rings. The van der Waals surface area contributed by atoms with Crippen LogP contribution in [0.3, 0.4) is 0 Å². The van der Waals surface area contributed by atoms with Gasteiger partial charge in [0.1, 0.15) is 0 Å². The molecule has 38 heavy (non-hydrogen) atoms. The molecule has 0 aliphatic carbocycles. The minimum Gasteiger partial charge on any atom is -0.504 e. The summed E-state index contributed by atoms with van der Waals surface area (Å²) in [6.07, 6.45) is 1.87. The van der Waals surface area contributed by atoms with E-state index in [1.165, 1.54) is 66.7 Å². The third-order valence-corrected chi connectivity index (χ3v) is 5.30. The van der Waals surface area contributed by atoms with E-state index in [1.807, 2.05) is 0 Å². The molecule has 4 rings (SSSR count). The molecule has 1 atom stereocenters. The van der Waals surface area contributed by atoms with Gasteiger partial charge >= 0.3 is 17.9 Å². The number of carbonyl (C=O) groups excluding carboxylic acids is 2. The average Bonchev–Trinajstić information content (AvgIpc) is 2.87. The van der Waals surface area contributed by atoms with Crippen LogP contribution in [-0.2, 0) is 25.5 Å². The molecule has 1 unspecified atom stereocenters. The molecular formula is C27H20O11. The number of aromatic hydroxyl groups is 4. The molecule has 3 aromatic rings. The van der Waals surface area contributed by atoms with Gasteiger partial charge in [-0.2, -0.15) is 0 Å². The summed E-state index contributed by atoms with van der Waals surface area (Å²) in [6.45, 7) is 0. The number of esters is 2.